The summed E-state index contributed by atoms with van der Waals surface area (Å²) in [5, 5.41) is 0. The summed E-state index contributed by atoms with van der Waals surface area (Å²) >= 11 is 0. The molecule has 0 saturated carbocycles. The number of hydrogen-bond acceptors (Lipinski definition) is 4. The molecule has 0 aliphatic carbocycles. The molecule has 0 atom stereocenters. The summed E-state index contributed by atoms with van der Waals surface area (Å²) < 4.78 is 27.2. The van der Waals surface area contributed by atoms with Crippen LogP contribution in [-0.2, 0) is 15.0 Å². The lowest BCUT2D eigenvalue weighted by molar-refractivity contribution is -0.130. The Bertz CT molecular complexity index is 355. The topological polar surface area (TPSA) is 95.7 Å². The van der Waals surface area contributed by atoms with Crippen molar-refractivity contribution in [1.29, 1.82) is 0 Å². The summed E-state index contributed by atoms with van der Waals surface area (Å²) in [6, 6.07) is 0. The first-order valence-corrected chi connectivity index (χ1v) is 8.01. The molecule has 7 nitrogen and oxygen atoms in total. The van der Waals surface area contributed by atoms with Gasteiger partial charge in [0.1, 0.15) is 0 Å². The number of amides is 1. The van der Waals surface area contributed by atoms with Crippen molar-refractivity contribution in [3.63, 3.8) is 0 Å². The fourth-order valence-electron chi connectivity index (χ4n) is 1.57. The van der Waals surface area contributed by atoms with Crippen molar-refractivity contribution in [3.05, 3.63) is 0 Å². The van der Waals surface area contributed by atoms with Gasteiger partial charge in [0.25, 0.3) is 10.2 Å². The fourth-order valence-corrected chi connectivity index (χ4v) is 2.52. The monoisotopic (exact) mass is 294 g/mol. The van der Waals surface area contributed by atoms with E-state index in [1.54, 1.807) is 4.90 Å². The minimum Gasteiger partial charge on any atom is -0.343 e. The molecule has 0 saturated heterocycles. The van der Waals surface area contributed by atoms with Crippen LogP contribution in [-0.4, -0.2) is 63.3 Å². The van der Waals surface area contributed by atoms with Crippen molar-refractivity contribution < 1.29 is 13.2 Å². The van der Waals surface area contributed by atoms with Gasteiger partial charge in [0.15, 0.2) is 0 Å². The molecule has 0 radical (unpaired) electrons. The van der Waals surface area contributed by atoms with Crippen LogP contribution in [0.15, 0.2) is 0 Å². The molecule has 0 aromatic rings. The van der Waals surface area contributed by atoms with Gasteiger partial charge in [0.2, 0.25) is 5.91 Å². The zero-order chi connectivity index (χ0) is 14.9. The molecule has 19 heavy (non-hydrogen) atoms. The van der Waals surface area contributed by atoms with Crippen LogP contribution in [0.25, 0.3) is 0 Å². The normalized spacial score (nSPS) is 11.8. The van der Waals surface area contributed by atoms with E-state index in [1.165, 1.54) is 11.4 Å². The molecular weight excluding hydrogens is 268 g/mol. The second kappa shape index (κ2) is 9.24. The molecule has 0 aromatic carbocycles. The van der Waals surface area contributed by atoms with Crippen LogP contribution in [0.1, 0.15) is 26.7 Å². The molecular formula is C11H26N4O3S. The molecule has 8 heteroatoms. The van der Waals surface area contributed by atoms with Gasteiger partial charge in [-0.2, -0.15) is 12.7 Å². The molecule has 0 heterocycles. The zero-order valence-electron chi connectivity index (χ0n) is 12.1. The molecule has 0 unspecified atom stereocenters. The van der Waals surface area contributed by atoms with Crippen molar-refractivity contribution in [3.8, 4) is 0 Å². The Morgan fingerprint density at radius 1 is 1.26 bits per heavy atom. The number of hydrogen-bond donors (Lipinski definition) is 2. The molecule has 0 aliphatic heterocycles. The van der Waals surface area contributed by atoms with Crippen molar-refractivity contribution in [2.75, 3.05) is 39.8 Å². The number of rotatable bonds is 10. The largest absolute Gasteiger partial charge is 0.343 e. The molecule has 0 aliphatic rings. The third-order valence-corrected chi connectivity index (χ3v) is 4.40. The van der Waals surface area contributed by atoms with Gasteiger partial charge in [-0.15, -0.1) is 0 Å². The van der Waals surface area contributed by atoms with Gasteiger partial charge in [-0.05, 0) is 26.8 Å². The third kappa shape index (κ3) is 6.86. The first-order valence-electron chi connectivity index (χ1n) is 6.57. The van der Waals surface area contributed by atoms with E-state index >= 15 is 0 Å². The molecule has 0 spiro atoms. The van der Waals surface area contributed by atoms with Gasteiger partial charge in [-0.1, -0.05) is 0 Å². The van der Waals surface area contributed by atoms with E-state index < -0.39 is 10.2 Å². The highest BCUT2D eigenvalue weighted by Gasteiger charge is 2.17. The Hall–Kier alpha value is -0.700. The average molecular weight is 294 g/mol. The molecule has 3 N–H and O–H groups in total. The van der Waals surface area contributed by atoms with Gasteiger partial charge >= 0.3 is 0 Å². The summed E-state index contributed by atoms with van der Waals surface area (Å²) in [5.74, 6) is -0.0442. The Kier molecular flexibility index (Phi) is 8.90. The van der Waals surface area contributed by atoms with Gasteiger partial charge in [-0.3, -0.25) is 4.79 Å². The first kappa shape index (κ1) is 18.3. The summed E-state index contributed by atoms with van der Waals surface area (Å²) in [4.78, 5) is 13.4. The van der Waals surface area contributed by atoms with Crippen LogP contribution in [0, 0.1) is 0 Å². The maximum Gasteiger partial charge on any atom is 0.279 e. The van der Waals surface area contributed by atoms with Crippen LogP contribution in [0.5, 0.6) is 0 Å². The minimum absolute atomic E-state index is 0.0442. The second-order valence-electron chi connectivity index (χ2n) is 4.18. The van der Waals surface area contributed by atoms with Crippen LogP contribution in [0.3, 0.4) is 0 Å². The molecule has 114 valence electrons. The lowest BCUT2D eigenvalue weighted by atomic mass is 10.3. The van der Waals surface area contributed by atoms with E-state index in [4.69, 9.17) is 5.73 Å². The second-order valence-corrected chi connectivity index (χ2v) is 6.04. The smallest absolute Gasteiger partial charge is 0.279 e. The summed E-state index contributed by atoms with van der Waals surface area (Å²) in [5.41, 5.74) is 5.33. The van der Waals surface area contributed by atoms with Crippen LogP contribution in [0.2, 0.25) is 0 Å². The van der Waals surface area contributed by atoms with Gasteiger partial charge in [0, 0.05) is 39.6 Å². The van der Waals surface area contributed by atoms with Gasteiger partial charge < -0.3 is 10.6 Å². The molecule has 0 aromatic heterocycles. The minimum atomic E-state index is -3.51. The maximum atomic E-state index is 11.8. The quantitative estimate of drug-likeness (QED) is 0.560. The van der Waals surface area contributed by atoms with Crippen LogP contribution < -0.4 is 10.5 Å². The lowest BCUT2D eigenvalue weighted by Gasteiger charge is -2.20. The lowest BCUT2D eigenvalue weighted by Crippen LogP contribution is -2.41. The summed E-state index contributed by atoms with van der Waals surface area (Å²) in [7, 11) is -2.02. The van der Waals surface area contributed by atoms with Gasteiger partial charge in [0.05, 0.1) is 0 Å². The Balaban J connectivity index is 4.15. The molecule has 0 bridgehead atoms. The highest BCUT2D eigenvalue weighted by molar-refractivity contribution is 7.87. The number of nitrogens with zero attached hydrogens (tertiary/aromatic N) is 2. The summed E-state index contributed by atoms with van der Waals surface area (Å²) in [6.45, 7) is 6.00. The Morgan fingerprint density at radius 2 is 1.84 bits per heavy atom. The van der Waals surface area contributed by atoms with E-state index in [1.807, 2.05) is 13.8 Å². The Labute approximate surface area is 116 Å². The van der Waals surface area contributed by atoms with E-state index in [0.29, 0.717) is 32.6 Å². The molecule has 1 amide bonds. The Morgan fingerprint density at radius 3 is 2.32 bits per heavy atom. The van der Waals surface area contributed by atoms with Gasteiger partial charge in [-0.25, -0.2) is 4.72 Å². The zero-order valence-corrected chi connectivity index (χ0v) is 12.9. The predicted octanol–water partition coefficient (Wildman–Crippen LogP) is -0.640. The van der Waals surface area contributed by atoms with Crippen molar-refractivity contribution in [1.82, 2.24) is 13.9 Å². The van der Waals surface area contributed by atoms with Crippen LogP contribution >= 0.6 is 0 Å². The predicted molar refractivity (Wildman–Crippen MR) is 75.8 cm³/mol. The van der Waals surface area contributed by atoms with E-state index in [0.717, 1.165) is 0 Å². The highest BCUT2D eigenvalue weighted by atomic mass is 32.2. The van der Waals surface area contributed by atoms with Crippen molar-refractivity contribution >= 4 is 16.1 Å². The number of carbonyl (C=O) groups excluding carboxylic acids is 1. The molecule has 0 fully saturated rings. The SMILES string of the molecule is CCN(CC)C(=O)CCNS(=O)(=O)N(C)CCCN. The van der Waals surface area contributed by atoms with Crippen molar-refractivity contribution in [2.24, 2.45) is 5.73 Å². The average Bonchev–Trinajstić information content (AvgIpc) is 2.37. The van der Waals surface area contributed by atoms with E-state index in [-0.39, 0.29) is 18.9 Å². The first-order chi connectivity index (χ1) is 8.88. The van der Waals surface area contributed by atoms with E-state index in [9.17, 15) is 13.2 Å². The van der Waals surface area contributed by atoms with Crippen LogP contribution in [0.4, 0.5) is 0 Å². The standard InChI is InChI=1S/C11H26N4O3S/c1-4-15(5-2)11(16)7-9-13-19(17,18)14(3)10-6-8-12/h13H,4-10,12H2,1-3H3. The third-order valence-electron chi connectivity index (χ3n) is 2.83. The number of nitrogens with one attached hydrogen (secondary N) is 1. The number of nitrogens with two attached hydrogens (primary N) is 1. The molecule has 0 rings (SSSR count). The van der Waals surface area contributed by atoms with E-state index in [2.05, 4.69) is 4.72 Å². The highest BCUT2D eigenvalue weighted by Crippen LogP contribution is 1.97. The summed E-state index contributed by atoms with van der Waals surface area (Å²) in [6.07, 6.45) is 0.779. The number of carbonyl (C=O) groups is 1. The van der Waals surface area contributed by atoms with Crippen molar-refractivity contribution in [2.45, 2.75) is 26.7 Å². The fraction of sp³-hybridized carbons (Fsp3) is 0.909. The maximum absolute atomic E-state index is 11.8.